The summed E-state index contributed by atoms with van der Waals surface area (Å²) in [5, 5.41) is 0. The number of ether oxygens (including phenoxy) is 1. The van der Waals surface area contributed by atoms with Gasteiger partial charge in [0.1, 0.15) is 12.1 Å². The Morgan fingerprint density at radius 1 is 1.14 bits per heavy atom. The molecule has 2 unspecified atom stereocenters. The van der Waals surface area contributed by atoms with E-state index in [-0.39, 0.29) is 25.6 Å². The maximum Gasteiger partial charge on any atom is 0.471 e. The third-order valence-electron chi connectivity index (χ3n) is 5.39. The molecule has 2 aliphatic rings. The van der Waals surface area contributed by atoms with Crippen LogP contribution in [0.3, 0.4) is 0 Å². The summed E-state index contributed by atoms with van der Waals surface area (Å²) in [7, 11) is 0. The van der Waals surface area contributed by atoms with Crippen molar-refractivity contribution >= 4 is 11.8 Å². The van der Waals surface area contributed by atoms with E-state index in [1.165, 1.54) is 10.5 Å². The van der Waals surface area contributed by atoms with E-state index in [1.807, 2.05) is 24.3 Å². The minimum absolute atomic E-state index is 0.0425. The molecule has 2 fully saturated rings. The standard InChI is InChI=1S/C20H25F3N2O3/c1-13(2)14-5-7-15(8-6-14)17-12-24(10-11-28-17)18(26)16-4-3-9-25(16)19(27)20(21,22)23/h5-8,13,16-17H,3-4,9-12H2,1-2H3. The summed E-state index contributed by atoms with van der Waals surface area (Å²) >= 11 is 0. The van der Waals surface area contributed by atoms with Crippen LogP contribution in [0.4, 0.5) is 13.2 Å². The fourth-order valence-corrected chi connectivity index (χ4v) is 3.79. The Labute approximate surface area is 162 Å². The molecule has 5 nitrogen and oxygen atoms in total. The number of carbonyl (C=O) groups is 2. The Balaban J connectivity index is 1.69. The number of carbonyl (C=O) groups excluding carboxylic acids is 2. The number of hydrogen-bond acceptors (Lipinski definition) is 3. The number of likely N-dealkylation sites (tertiary alicyclic amines) is 1. The van der Waals surface area contributed by atoms with Crippen LogP contribution in [0.5, 0.6) is 0 Å². The molecular weight excluding hydrogens is 373 g/mol. The molecule has 8 heteroatoms. The van der Waals surface area contributed by atoms with Crippen molar-refractivity contribution in [2.24, 2.45) is 0 Å². The largest absolute Gasteiger partial charge is 0.471 e. The molecule has 3 rings (SSSR count). The molecule has 0 saturated carbocycles. The Bertz CT molecular complexity index is 718. The third-order valence-corrected chi connectivity index (χ3v) is 5.39. The molecule has 2 aliphatic heterocycles. The van der Waals surface area contributed by atoms with Crippen molar-refractivity contribution < 1.29 is 27.5 Å². The van der Waals surface area contributed by atoms with Gasteiger partial charge in [0.25, 0.3) is 0 Å². The van der Waals surface area contributed by atoms with Gasteiger partial charge in [-0.3, -0.25) is 9.59 Å². The first-order valence-electron chi connectivity index (χ1n) is 9.56. The van der Waals surface area contributed by atoms with Crippen LogP contribution >= 0.6 is 0 Å². The van der Waals surface area contributed by atoms with Crippen molar-refractivity contribution in [1.29, 1.82) is 0 Å². The molecule has 1 aromatic carbocycles. The molecule has 2 amide bonds. The molecule has 0 radical (unpaired) electrons. The van der Waals surface area contributed by atoms with E-state index >= 15 is 0 Å². The van der Waals surface area contributed by atoms with E-state index < -0.39 is 24.0 Å². The predicted molar refractivity (Wildman–Crippen MR) is 96.6 cm³/mol. The molecule has 2 atom stereocenters. The molecule has 2 heterocycles. The quantitative estimate of drug-likeness (QED) is 0.785. The lowest BCUT2D eigenvalue weighted by Crippen LogP contribution is -2.53. The summed E-state index contributed by atoms with van der Waals surface area (Å²) in [5.74, 6) is -1.96. The topological polar surface area (TPSA) is 49.9 Å². The molecule has 0 N–H and O–H groups in total. The minimum Gasteiger partial charge on any atom is -0.370 e. The molecule has 0 bridgehead atoms. The summed E-state index contributed by atoms with van der Waals surface area (Å²) in [5.41, 5.74) is 2.12. The van der Waals surface area contributed by atoms with E-state index in [1.54, 1.807) is 0 Å². The molecule has 28 heavy (non-hydrogen) atoms. The minimum atomic E-state index is -4.96. The highest BCUT2D eigenvalue weighted by atomic mass is 19.4. The Kier molecular flexibility index (Phi) is 5.98. The van der Waals surface area contributed by atoms with E-state index in [2.05, 4.69) is 13.8 Å². The first-order chi connectivity index (χ1) is 13.2. The van der Waals surface area contributed by atoms with Crippen LogP contribution in [-0.4, -0.2) is 60.1 Å². The van der Waals surface area contributed by atoms with E-state index in [9.17, 15) is 22.8 Å². The van der Waals surface area contributed by atoms with Crippen molar-refractivity contribution in [3.8, 4) is 0 Å². The van der Waals surface area contributed by atoms with Crippen LogP contribution in [0.15, 0.2) is 24.3 Å². The number of morpholine rings is 1. The number of halogens is 3. The first-order valence-corrected chi connectivity index (χ1v) is 9.56. The lowest BCUT2D eigenvalue weighted by Gasteiger charge is -2.36. The van der Waals surface area contributed by atoms with Crippen molar-refractivity contribution in [2.45, 2.75) is 50.9 Å². The molecule has 2 saturated heterocycles. The lowest BCUT2D eigenvalue weighted by atomic mass is 9.99. The number of benzene rings is 1. The van der Waals surface area contributed by atoms with Crippen molar-refractivity contribution in [3.05, 3.63) is 35.4 Å². The number of alkyl halides is 3. The number of hydrogen-bond donors (Lipinski definition) is 0. The summed E-state index contributed by atoms with van der Waals surface area (Å²) in [6.07, 6.45) is -4.64. The van der Waals surface area contributed by atoms with Gasteiger partial charge in [-0.15, -0.1) is 0 Å². The van der Waals surface area contributed by atoms with Gasteiger partial charge >= 0.3 is 12.1 Å². The second-order valence-corrected chi connectivity index (χ2v) is 7.62. The van der Waals surface area contributed by atoms with Gasteiger partial charge < -0.3 is 14.5 Å². The number of nitrogens with zero attached hydrogens (tertiary/aromatic N) is 2. The van der Waals surface area contributed by atoms with Crippen LogP contribution in [-0.2, 0) is 14.3 Å². The van der Waals surface area contributed by atoms with E-state index in [4.69, 9.17) is 4.74 Å². The Hall–Kier alpha value is -2.09. The van der Waals surface area contributed by atoms with Gasteiger partial charge in [0.05, 0.1) is 13.2 Å². The van der Waals surface area contributed by atoms with Gasteiger partial charge in [0.2, 0.25) is 5.91 Å². The van der Waals surface area contributed by atoms with Crippen LogP contribution in [0, 0.1) is 0 Å². The Morgan fingerprint density at radius 3 is 2.43 bits per heavy atom. The van der Waals surface area contributed by atoms with Gasteiger partial charge in [-0.2, -0.15) is 13.2 Å². The highest BCUT2D eigenvalue weighted by molar-refractivity contribution is 5.90. The molecule has 0 spiro atoms. The summed E-state index contributed by atoms with van der Waals surface area (Å²) in [4.78, 5) is 26.7. The highest BCUT2D eigenvalue weighted by Gasteiger charge is 2.48. The van der Waals surface area contributed by atoms with Crippen LogP contribution < -0.4 is 0 Å². The van der Waals surface area contributed by atoms with Gasteiger partial charge in [0, 0.05) is 13.1 Å². The SMILES string of the molecule is CC(C)c1ccc(C2CN(C(=O)C3CCCN3C(=O)C(F)(F)F)CCO2)cc1. The van der Waals surface area contributed by atoms with Gasteiger partial charge in [-0.05, 0) is 29.9 Å². The summed E-state index contributed by atoms with van der Waals surface area (Å²) < 4.78 is 44.2. The highest BCUT2D eigenvalue weighted by Crippen LogP contribution is 2.29. The number of rotatable bonds is 3. The Morgan fingerprint density at radius 2 is 1.82 bits per heavy atom. The van der Waals surface area contributed by atoms with Crippen LogP contribution in [0.25, 0.3) is 0 Å². The maximum absolute atomic E-state index is 12.9. The van der Waals surface area contributed by atoms with Crippen molar-refractivity contribution in [3.63, 3.8) is 0 Å². The van der Waals surface area contributed by atoms with Crippen LogP contribution in [0.1, 0.15) is 49.8 Å². The zero-order valence-corrected chi connectivity index (χ0v) is 16.0. The maximum atomic E-state index is 12.9. The molecule has 154 valence electrons. The average Bonchev–Trinajstić information content (AvgIpc) is 3.15. The second-order valence-electron chi connectivity index (χ2n) is 7.62. The van der Waals surface area contributed by atoms with Gasteiger partial charge in [-0.25, -0.2) is 0 Å². The fourth-order valence-electron chi connectivity index (χ4n) is 3.79. The third kappa shape index (κ3) is 4.32. The predicted octanol–water partition coefficient (Wildman–Crippen LogP) is 3.26. The van der Waals surface area contributed by atoms with Crippen molar-refractivity contribution in [1.82, 2.24) is 9.80 Å². The first kappa shape index (κ1) is 20.6. The zero-order chi connectivity index (χ0) is 20.5. The van der Waals surface area contributed by atoms with Crippen LogP contribution in [0.2, 0.25) is 0 Å². The molecular formula is C20H25F3N2O3. The van der Waals surface area contributed by atoms with Gasteiger partial charge in [0.15, 0.2) is 0 Å². The summed E-state index contributed by atoms with van der Waals surface area (Å²) in [6, 6.07) is 6.91. The molecule has 0 aromatic heterocycles. The van der Waals surface area contributed by atoms with Crippen molar-refractivity contribution in [2.75, 3.05) is 26.2 Å². The normalized spacial score (nSPS) is 23.4. The van der Waals surface area contributed by atoms with E-state index in [0.29, 0.717) is 30.4 Å². The molecule has 0 aliphatic carbocycles. The number of amides is 2. The monoisotopic (exact) mass is 398 g/mol. The zero-order valence-electron chi connectivity index (χ0n) is 16.0. The van der Waals surface area contributed by atoms with Gasteiger partial charge in [-0.1, -0.05) is 38.1 Å². The lowest BCUT2D eigenvalue weighted by molar-refractivity contribution is -0.187. The average molecular weight is 398 g/mol. The summed E-state index contributed by atoms with van der Waals surface area (Å²) in [6.45, 7) is 5.04. The second kappa shape index (κ2) is 8.11. The molecule has 1 aromatic rings. The fraction of sp³-hybridized carbons (Fsp3) is 0.600. The van der Waals surface area contributed by atoms with E-state index in [0.717, 1.165) is 5.56 Å². The smallest absolute Gasteiger partial charge is 0.370 e.